The first kappa shape index (κ1) is 24.3. The Labute approximate surface area is 204 Å². The number of carbonyl (C=O) groups excluding carboxylic acids is 2. The van der Waals surface area contributed by atoms with Gasteiger partial charge in [-0.1, -0.05) is 30.3 Å². The van der Waals surface area contributed by atoms with Gasteiger partial charge in [0, 0.05) is 12.1 Å². The van der Waals surface area contributed by atoms with Crippen LogP contribution in [-0.2, 0) is 16.0 Å². The summed E-state index contributed by atoms with van der Waals surface area (Å²) < 4.78 is 31.3. The van der Waals surface area contributed by atoms with Crippen molar-refractivity contribution in [3.05, 3.63) is 83.2 Å². The van der Waals surface area contributed by atoms with Crippen LogP contribution in [0.25, 0.3) is 11.1 Å². The van der Waals surface area contributed by atoms with E-state index in [1.54, 1.807) is 63.2 Å². The number of fused-ring (bicyclic) bond motifs is 1. The number of rotatable bonds is 5. The average molecular weight is 478 g/mol. The van der Waals surface area contributed by atoms with Gasteiger partial charge in [0.1, 0.15) is 23.8 Å². The van der Waals surface area contributed by atoms with Crippen molar-refractivity contribution in [1.82, 2.24) is 0 Å². The van der Waals surface area contributed by atoms with Crippen molar-refractivity contribution >= 4 is 17.6 Å². The van der Waals surface area contributed by atoms with Gasteiger partial charge in [0.05, 0.1) is 30.5 Å². The molecule has 0 bridgehead atoms. The smallest absolute Gasteiger partial charge is 0.339 e. The van der Waals surface area contributed by atoms with Gasteiger partial charge in [-0.25, -0.2) is 14.0 Å². The number of ether oxygens (including phenoxy) is 3. The molecule has 3 aromatic rings. The second-order valence-corrected chi connectivity index (χ2v) is 9.31. The van der Waals surface area contributed by atoms with Crippen molar-refractivity contribution in [3.8, 4) is 16.9 Å². The summed E-state index contributed by atoms with van der Waals surface area (Å²) in [7, 11) is 1.33. The van der Waals surface area contributed by atoms with E-state index in [4.69, 9.17) is 14.2 Å². The highest BCUT2D eigenvalue weighted by Gasteiger charge is 2.23. The molecule has 0 radical (unpaired) electrons. The predicted molar refractivity (Wildman–Crippen MR) is 131 cm³/mol. The van der Waals surface area contributed by atoms with Crippen molar-refractivity contribution in [2.24, 2.45) is 0 Å². The van der Waals surface area contributed by atoms with Gasteiger partial charge in [-0.3, -0.25) is 0 Å². The standard InChI is InChI=1S/C28H28FNO5/c1-28(2,3)35-27(32)22-8-6-5-7-20(22)21-11-9-18(15-23(21)29)17-30-13-14-34-25-16-19(26(31)33-4)10-12-24(25)30/h5-12,15-16H,13-14,17H2,1-4H3. The van der Waals surface area contributed by atoms with Gasteiger partial charge >= 0.3 is 11.9 Å². The molecular weight excluding hydrogens is 449 g/mol. The molecule has 0 aromatic heterocycles. The molecule has 0 aliphatic carbocycles. The summed E-state index contributed by atoms with van der Waals surface area (Å²) in [6, 6.07) is 17.0. The Morgan fingerprint density at radius 2 is 1.77 bits per heavy atom. The maximum absolute atomic E-state index is 15.3. The Bertz CT molecular complexity index is 1260. The van der Waals surface area contributed by atoms with E-state index in [0.717, 1.165) is 11.3 Å². The summed E-state index contributed by atoms with van der Waals surface area (Å²) in [4.78, 5) is 26.6. The minimum atomic E-state index is -0.654. The number of hydrogen-bond donors (Lipinski definition) is 0. The second-order valence-electron chi connectivity index (χ2n) is 9.31. The van der Waals surface area contributed by atoms with Gasteiger partial charge in [0.25, 0.3) is 0 Å². The maximum atomic E-state index is 15.3. The molecule has 7 heteroatoms. The number of halogens is 1. The number of methoxy groups -OCH3 is 1. The second kappa shape index (κ2) is 9.78. The van der Waals surface area contributed by atoms with Gasteiger partial charge in [0.15, 0.2) is 0 Å². The fourth-order valence-corrected chi connectivity index (χ4v) is 4.01. The molecule has 0 saturated heterocycles. The molecule has 1 heterocycles. The number of carbonyl (C=O) groups is 2. The Balaban J connectivity index is 1.59. The highest BCUT2D eigenvalue weighted by atomic mass is 19.1. The topological polar surface area (TPSA) is 65.1 Å². The molecule has 3 aromatic carbocycles. The lowest BCUT2D eigenvalue weighted by atomic mass is 9.97. The molecule has 0 N–H and O–H groups in total. The average Bonchev–Trinajstić information content (AvgIpc) is 2.82. The van der Waals surface area contributed by atoms with Crippen molar-refractivity contribution < 1.29 is 28.2 Å². The lowest BCUT2D eigenvalue weighted by Crippen LogP contribution is -2.32. The molecule has 0 saturated carbocycles. The largest absolute Gasteiger partial charge is 0.490 e. The van der Waals surface area contributed by atoms with E-state index in [0.29, 0.717) is 47.7 Å². The first-order chi connectivity index (χ1) is 16.7. The van der Waals surface area contributed by atoms with Crippen molar-refractivity contribution in [2.75, 3.05) is 25.2 Å². The van der Waals surface area contributed by atoms with Gasteiger partial charge < -0.3 is 19.1 Å². The summed E-state index contributed by atoms with van der Waals surface area (Å²) in [5.41, 5.74) is 2.48. The number of hydrogen-bond acceptors (Lipinski definition) is 6. The third-order valence-corrected chi connectivity index (χ3v) is 5.58. The fourth-order valence-electron chi connectivity index (χ4n) is 4.01. The van der Waals surface area contributed by atoms with Crippen LogP contribution in [0.2, 0.25) is 0 Å². The first-order valence-electron chi connectivity index (χ1n) is 11.4. The molecule has 182 valence electrons. The van der Waals surface area contributed by atoms with Crippen LogP contribution in [0.1, 0.15) is 47.1 Å². The van der Waals surface area contributed by atoms with E-state index in [2.05, 4.69) is 4.90 Å². The predicted octanol–water partition coefficient (Wildman–Crippen LogP) is 5.63. The van der Waals surface area contributed by atoms with Crippen LogP contribution in [0.5, 0.6) is 5.75 Å². The van der Waals surface area contributed by atoms with Gasteiger partial charge in [-0.05, 0) is 62.2 Å². The lowest BCUT2D eigenvalue weighted by molar-refractivity contribution is 0.00702. The van der Waals surface area contributed by atoms with Crippen molar-refractivity contribution in [1.29, 1.82) is 0 Å². The molecule has 0 unspecified atom stereocenters. The third kappa shape index (κ3) is 5.45. The Morgan fingerprint density at radius 1 is 1.00 bits per heavy atom. The summed E-state index contributed by atoms with van der Waals surface area (Å²) >= 11 is 0. The Morgan fingerprint density at radius 3 is 2.49 bits per heavy atom. The zero-order chi connectivity index (χ0) is 25.2. The fraction of sp³-hybridized carbons (Fsp3) is 0.286. The summed E-state index contributed by atoms with van der Waals surface area (Å²) in [5, 5.41) is 0. The normalized spacial score (nSPS) is 13.0. The molecule has 1 aliphatic heterocycles. The van der Waals surface area contributed by atoms with Crippen LogP contribution in [0.4, 0.5) is 10.1 Å². The minimum Gasteiger partial charge on any atom is -0.490 e. The number of benzene rings is 3. The van der Waals surface area contributed by atoms with Crippen LogP contribution < -0.4 is 9.64 Å². The van der Waals surface area contributed by atoms with E-state index >= 15 is 4.39 Å². The quantitative estimate of drug-likeness (QED) is 0.444. The molecule has 35 heavy (non-hydrogen) atoms. The SMILES string of the molecule is COC(=O)c1ccc2c(c1)OCCN2Cc1ccc(-c2ccccc2C(=O)OC(C)(C)C)c(F)c1. The Kier molecular flexibility index (Phi) is 6.78. The molecule has 0 fully saturated rings. The zero-order valence-corrected chi connectivity index (χ0v) is 20.3. The van der Waals surface area contributed by atoms with E-state index in [1.807, 2.05) is 12.1 Å². The van der Waals surface area contributed by atoms with Gasteiger partial charge in [0.2, 0.25) is 0 Å². The third-order valence-electron chi connectivity index (χ3n) is 5.58. The van der Waals surface area contributed by atoms with Crippen LogP contribution in [0.15, 0.2) is 60.7 Å². The number of esters is 2. The molecule has 0 atom stereocenters. The van der Waals surface area contributed by atoms with Crippen LogP contribution in [0.3, 0.4) is 0 Å². The van der Waals surface area contributed by atoms with Crippen LogP contribution >= 0.6 is 0 Å². The van der Waals surface area contributed by atoms with E-state index < -0.39 is 23.4 Å². The summed E-state index contributed by atoms with van der Waals surface area (Å²) in [6.45, 7) is 6.91. The van der Waals surface area contributed by atoms with Crippen molar-refractivity contribution in [2.45, 2.75) is 32.9 Å². The van der Waals surface area contributed by atoms with Crippen molar-refractivity contribution in [3.63, 3.8) is 0 Å². The molecule has 0 amide bonds. The van der Waals surface area contributed by atoms with E-state index in [-0.39, 0.29) is 0 Å². The summed E-state index contributed by atoms with van der Waals surface area (Å²) in [6.07, 6.45) is 0. The molecule has 6 nitrogen and oxygen atoms in total. The molecular formula is C28H28FNO5. The molecule has 4 rings (SSSR count). The molecule has 1 aliphatic rings. The van der Waals surface area contributed by atoms with E-state index in [9.17, 15) is 9.59 Å². The van der Waals surface area contributed by atoms with Gasteiger partial charge in [-0.15, -0.1) is 0 Å². The highest BCUT2D eigenvalue weighted by molar-refractivity contribution is 5.97. The van der Waals surface area contributed by atoms with Crippen LogP contribution in [-0.4, -0.2) is 37.8 Å². The minimum absolute atomic E-state index is 0.317. The highest BCUT2D eigenvalue weighted by Crippen LogP contribution is 2.34. The lowest BCUT2D eigenvalue weighted by Gasteiger charge is -2.31. The maximum Gasteiger partial charge on any atom is 0.339 e. The summed E-state index contributed by atoms with van der Waals surface area (Å²) in [5.74, 6) is -0.763. The molecule has 0 spiro atoms. The first-order valence-corrected chi connectivity index (χ1v) is 11.4. The number of anilines is 1. The van der Waals surface area contributed by atoms with E-state index in [1.165, 1.54) is 13.2 Å². The zero-order valence-electron chi connectivity index (χ0n) is 20.3. The van der Waals surface area contributed by atoms with Crippen LogP contribution in [0, 0.1) is 5.82 Å². The number of nitrogens with zero attached hydrogens (tertiary/aromatic N) is 1. The monoisotopic (exact) mass is 477 g/mol. The van der Waals surface area contributed by atoms with Gasteiger partial charge in [-0.2, -0.15) is 0 Å². The Hall–Kier alpha value is -3.87.